The molecule has 0 N–H and O–H groups in total. The molecule has 8 heteroatoms. The Labute approximate surface area is 222 Å². The number of rotatable bonds is 5. The molecule has 1 fully saturated rings. The van der Waals surface area contributed by atoms with E-state index in [9.17, 15) is 9.59 Å². The van der Waals surface area contributed by atoms with Crippen LogP contribution < -0.4 is 4.90 Å². The predicted molar refractivity (Wildman–Crippen MR) is 147 cm³/mol. The summed E-state index contributed by atoms with van der Waals surface area (Å²) in [5.74, 6) is -0.388. The second kappa shape index (κ2) is 9.75. The Bertz CT molecular complexity index is 1530. The summed E-state index contributed by atoms with van der Waals surface area (Å²) >= 11 is 19.7. The quantitative estimate of drug-likeness (QED) is 0.238. The highest BCUT2D eigenvalue weighted by Gasteiger charge is 2.37. The molecule has 0 unspecified atom stereocenters. The van der Waals surface area contributed by atoms with Gasteiger partial charge in [0.2, 0.25) is 0 Å². The van der Waals surface area contributed by atoms with Crippen molar-refractivity contribution in [2.24, 2.45) is 0 Å². The molecule has 1 aliphatic rings. The number of halogens is 3. The molecule has 2 amide bonds. The van der Waals surface area contributed by atoms with Gasteiger partial charge in [0, 0.05) is 33.7 Å². The number of aromatic nitrogens is 1. The Kier molecular flexibility index (Phi) is 6.69. The second-order valence-electron chi connectivity index (χ2n) is 8.08. The van der Waals surface area contributed by atoms with Gasteiger partial charge in [-0.15, -0.1) is 0 Å². The Hall–Kier alpha value is -2.70. The zero-order chi connectivity index (χ0) is 24.7. The van der Waals surface area contributed by atoms with Gasteiger partial charge < -0.3 is 4.57 Å². The van der Waals surface area contributed by atoms with Crippen molar-refractivity contribution >= 4 is 80.4 Å². The van der Waals surface area contributed by atoms with Crippen molar-refractivity contribution in [2.75, 3.05) is 4.90 Å². The van der Waals surface area contributed by atoms with E-state index in [1.807, 2.05) is 30.5 Å². The van der Waals surface area contributed by atoms with Crippen LogP contribution in [0.1, 0.15) is 23.6 Å². The van der Waals surface area contributed by atoms with Gasteiger partial charge in [0.1, 0.15) is 0 Å². The Morgan fingerprint density at radius 1 is 0.914 bits per heavy atom. The summed E-state index contributed by atoms with van der Waals surface area (Å²) in [6.45, 7) is 2.65. The maximum absolute atomic E-state index is 13.2. The number of nitrogens with zero attached hydrogens (tertiary/aromatic N) is 2. The van der Waals surface area contributed by atoms with Gasteiger partial charge in [-0.2, -0.15) is 0 Å². The number of aryl methyl sites for hydroxylation is 1. The molecule has 35 heavy (non-hydrogen) atoms. The molecule has 0 bridgehead atoms. The molecule has 0 aliphatic carbocycles. The van der Waals surface area contributed by atoms with Crippen molar-refractivity contribution < 1.29 is 9.59 Å². The molecule has 0 radical (unpaired) electrons. The number of hydrogen-bond donors (Lipinski definition) is 0. The molecule has 1 aliphatic heterocycles. The molecule has 1 aromatic heterocycles. The summed E-state index contributed by atoms with van der Waals surface area (Å²) < 4.78 is 2.13. The van der Waals surface area contributed by atoms with Crippen molar-refractivity contribution in [3.63, 3.8) is 0 Å². The monoisotopic (exact) mass is 540 g/mol. The molecule has 176 valence electrons. The minimum atomic E-state index is -0.388. The van der Waals surface area contributed by atoms with Crippen LogP contribution in [-0.4, -0.2) is 15.7 Å². The molecule has 4 aromatic rings. The third-order valence-corrected chi connectivity index (χ3v) is 7.70. The molecule has 2 heterocycles. The molecule has 0 saturated carbocycles. The molecular weight excluding hydrogens is 523 g/mol. The van der Waals surface area contributed by atoms with Gasteiger partial charge in [-0.3, -0.25) is 9.59 Å². The number of benzene rings is 3. The van der Waals surface area contributed by atoms with Gasteiger partial charge in [0.15, 0.2) is 0 Å². The number of anilines is 1. The molecule has 0 atom stereocenters. The number of carbonyl (C=O) groups is 2. The largest absolute Gasteiger partial charge is 0.342 e. The van der Waals surface area contributed by atoms with Crippen molar-refractivity contribution in [3.8, 4) is 0 Å². The van der Waals surface area contributed by atoms with E-state index in [0.29, 0.717) is 32.2 Å². The first-order chi connectivity index (χ1) is 16.9. The van der Waals surface area contributed by atoms with E-state index in [-0.39, 0.29) is 11.1 Å². The maximum atomic E-state index is 13.2. The summed E-state index contributed by atoms with van der Waals surface area (Å²) in [5, 5.41) is 2.15. The van der Waals surface area contributed by atoms with Gasteiger partial charge >= 0.3 is 0 Å². The van der Waals surface area contributed by atoms with E-state index in [1.54, 1.807) is 36.4 Å². The zero-order valence-corrected chi connectivity index (χ0v) is 21.7. The van der Waals surface area contributed by atoms with Gasteiger partial charge in [0.05, 0.1) is 21.1 Å². The fraction of sp³-hybridized carbons (Fsp3) is 0.111. The lowest BCUT2D eigenvalue weighted by Gasteiger charge is -2.13. The fourth-order valence-electron chi connectivity index (χ4n) is 4.27. The third kappa shape index (κ3) is 4.50. The van der Waals surface area contributed by atoms with Crippen LogP contribution >= 0.6 is 46.6 Å². The molecular formula is C27H19Cl3N2O2S. The molecule has 4 nitrogen and oxygen atoms in total. The Morgan fingerprint density at radius 3 is 2.46 bits per heavy atom. The average molecular weight is 542 g/mol. The Morgan fingerprint density at radius 2 is 1.71 bits per heavy atom. The topological polar surface area (TPSA) is 42.3 Å². The molecule has 3 aromatic carbocycles. The van der Waals surface area contributed by atoms with E-state index < -0.39 is 0 Å². The minimum absolute atomic E-state index is 0.347. The molecule has 1 saturated heterocycles. The standard InChI is InChI=1S/C27H19Cl3N2O2S/c1-2-16-6-5-7-20-18(15-31(25(16)20)14-17-10-11-19(28)13-22(17)30)12-24-26(33)32(27(34)35-24)23-9-4-3-8-21(23)29/h3-13,15H,2,14H2,1H3/b24-12-. The summed E-state index contributed by atoms with van der Waals surface area (Å²) in [7, 11) is 0. The summed E-state index contributed by atoms with van der Waals surface area (Å²) in [5.41, 5.74) is 4.41. The first-order valence-electron chi connectivity index (χ1n) is 10.9. The predicted octanol–water partition coefficient (Wildman–Crippen LogP) is 8.45. The van der Waals surface area contributed by atoms with Crippen LogP contribution in [0.2, 0.25) is 15.1 Å². The maximum Gasteiger partial charge on any atom is 0.298 e. The lowest BCUT2D eigenvalue weighted by atomic mass is 10.1. The highest BCUT2D eigenvalue weighted by molar-refractivity contribution is 8.19. The van der Waals surface area contributed by atoms with Crippen molar-refractivity contribution in [3.05, 3.63) is 104 Å². The SMILES string of the molecule is CCc1cccc2c(/C=C3\SC(=O)N(c4ccccc4Cl)C3=O)cn(Cc3ccc(Cl)cc3Cl)c12. The summed E-state index contributed by atoms with van der Waals surface area (Å²) in [6, 6.07) is 18.4. The van der Waals surface area contributed by atoms with Crippen LogP contribution in [0.25, 0.3) is 17.0 Å². The van der Waals surface area contributed by atoms with E-state index in [2.05, 4.69) is 17.6 Å². The van der Waals surface area contributed by atoms with Gasteiger partial charge in [-0.05, 0) is 59.7 Å². The normalized spacial score (nSPS) is 15.1. The minimum Gasteiger partial charge on any atom is -0.342 e. The van der Waals surface area contributed by atoms with Crippen molar-refractivity contribution in [2.45, 2.75) is 19.9 Å². The number of carbonyl (C=O) groups excluding carboxylic acids is 2. The zero-order valence-electron chi connectivity index (χ0n) is 18.6. The Balaban J connectivity index is 1.59. The number of imide groups is 1. The first kappa shape index (κ1) is 24.0. The van der Waals surface area contributed by atoms with E-state index in [1.165, 1.54) is 5.56 Å². The fourth-order valence-corrected chi connectivity index (χ4v) is 5.79. The number of hydrogen-bond acceptors (Lipinski definition) is 3. The molecule has 5 rings (SSSR count). The third-order valence-electron chi connectivity index (χ3n) is 5.92. The first-order valence-corrected chi connectivity index (χ1v) is 12.9. The van der Waals surface area contributed by atoms with Gasteiger partial charge in [-0.1, -0.05) is 78.1 Å². The van der Waals surface area contributed by atoms with E-state index >= 15 is 0 Å². The van der Waals surface area contributed by atoms with Crippen LogP contribution in [-0.2, 0) is 17.8 Å². The lowest BCUT2D eigenvalue weighted by molar-refractivity contribution is -0.113. The van der Waals surface area contributed by atoms with Crippen molar-refractivity contribution in [1.82, 2.24) is 4.57 Å². The van der Waals surface area contributed by atoms with Crippen LogP contribution in [0.4, 0.5) is 10.5 Å². The van der Waals surface area contributed by atoms with E-state index in [0.717, 1.165) is 45.1 Å². The number of thioether (sulfide) groups is 1. The summed E-state index contributed by atoms with van der Waals surface area (Å²) in [4.78, 5) is 27.5. The lowest BCUT2D eigenvalue weighted by Crippen LogP contribution is -2.27. The van der Waals surface area contributed by atoms with Gasteiger partial charge in [-0.25, -0.2) is 4.90 Å². The van der Waals surface area contributed by atoms with Gasteiger partial charge in [0.25, 0.3) is 11.1 Å². The number of fused-ring (bicyclic) bond motifs is 1. The van der Waals surface area contributed by atoms with Crippen LogP contribution in [0.3, 0.4) is 0 Å². The van der Waals surface area contributed by atoms with E-state index in [4.69, 9.17) is 34.8 Å². The van der Waals surface area contributed by atoms with Crippen molar-refractivity contribution in [1.29, 1.82) is 0 Å². The van der Waals surface area contributed by atoms with Crippen LogP contribution in [0.5, 0.6) is 0 Å². The molecule has 0 spiro atoms. The highest BCUT2D eigenvalue weighted by Crippen LogP contribution is 2.39. The second-order valence-corrected chi connectivity index (χ2v) is 10.3. The van der Waals surface area contributed by atoms with Crippen LogP contribution in [0.15, 0.2) is 71.8 Å². The smallest absolute Gasteiger partial charge is 0.298 e. The highest BCUT2D eigenvalue weighted by atomic mass is 35.5. The summed E-state index contributed by atoms with van der Waals surface area (Å²) in [6.07, 6.45) is 4.62. The number of para-hydroxylation sites is 2. The number of amides is 2. The van der Waals surface area contributed by atoms with Crippen LogP contribution in [0, 0.1) is 0 Å². The average Bonchev–Trinajstić information content (AvgIpc) is 3.32.